The van der Waals surface area contributed by atoms with Crippen molar-refractivity contribution in [1.29, 1.82) is 0 Å². The highest BCUT2D eigenvalue weighted by Crippen LogP contribution is 2.25. The third-order valence-corrected chi connectivity index (χ3v) is 5.50. The van der Waals surface area contributed by atoms with Gasteiger partial charge in [0.2, 0.25) is 11.8 Å². The van der Waals surface area contributed by atoms with Gasteiger partial charge in [0.1, 0.15) is 0 Å². The molecule has 0 bridgehead atoms. The lowest BCUT2D eigenvalue weighted by Crippen LogP contribution is -2.41. The molecule has 0 saturated carbocycles. The fourth-order valence-electron chi connectivity index (χ4n) is 2.95. The van der Waals surface area contributed by atoms with Gasteiger partial charge >= 0.3 is 0 Å². The Bertz CT molecular complexity index is 925. The first-order valence-corrected chi connectivity index (χ1v) is 10.3. The zero-order chi connectivity index (χ0) is 20.6. The maximum atomic E-state index is 12.6. The highest BCUT2D eigenvalue weighted by molar-refractivity contribution is 7.10. The van der Waals surface area contributed by atoms with Crippen LogP contribution >= 0.6 is 11.3 Å². The first-order valence-electron chi connectivity index (χ1n) is 9.45. The summed E-state index contributed by atoms with van der Waals surface area (Å²) >= 11 is 1.65. The zero-order valence-corrected chi connectivity index (χ0v) is 17.4. The average Bonchev–Trinajstić information content (AvgIpc) is 3.25. The van der Waals surface area contributed by atoms with Crippen LogP contribution in [0.3, 0.4) is 0 Å². The van der Waals surface area contributed by atoms with Crippen LogP contribution in [0, 0.1) is 6.92 Å². The van der Waals surface area contributed by atoms with Gasteiger partial charge in [0.25, 0.3) is 0 Å². The molecule has 1 heterocycles. The smallest absolute Gasteiger partial charge is 0.243 e. The second-order valence-corrected chi connectivity index (χ2v) is 7.88. The Hall–Kier alpha value is -2.96. The number of thiophene rings is 1. The number of hydrogen-bond acceptors (Lipinski definition) is 4. The molecular weight excluding hydrogens is 382 g/mol. The van der Waals surface area contributed by atoms with Crippen LogP contribution in [0.15, 0.2) is 72.1 Å². The van der Waals surface area contributed by atoms with Crippen LogP contribution in [0.5, 0.6) is 0 Å². The van der Waals surface area contributed by atoms with Gasteiger partial charge in [-0.05, 0) is 36.1 Å². The van der Waals surface area contributed by atoms with Crippen LogP contribution in [-0.4, -0.2) is 36.9 Å². The number of nitrogens with one attached hydrogen (secondary N) is 2. The van der Waals surface area contributed by atoms with Crippen molar-refractivity contribution in [3.05, 3.63) is 88.1 Å². The van der Waals surface area contributed by atoms with E-state index in [0.717, 1.165) is 21.7 Å². The molecule has 0 aliphatic heterocycles. The molecule has 2 aromatic carbocycles. The summed E-state index contributed by atoms with van der Waals surface area (Å²) in [6, 6.07) is 21.6. The fraction of sp³-hybridized carbons (Fsp3) is 0.217. The summed E-state index contributed by atoms with van der Waals surface area (Å²) in [4.78, 5) is 27.4. The Morgan fingerprint density at radius 2 is 1.72 bits per heavy atom. The van der Waals surface area contributed by atoms with Crippen molar-refractivity contribution in [2.24, 2.45) is 0 Å². The quantitative estimate of drug-likeness (QED) is 0.597. The molecule has 1 atom stereocenters. The van der Waals surface area contributed by atoms with E-state index in [4.69, 9.17) is 0 Å². The zero-order valence-electron chi connectivity index (χ0n) is 16.6. The number of likely N-dealkylation sites (N-methyl/N-ethyl adjacent to an activating group) is 1. The lowest BCUT2D eigenvalue weighted by Gasteiger charge is -2.21. The van der Waals surface area contributed by atoms with E-state index in [0.29, 0.717) is 0 Å². The van der Waals surface area contributed by atoms with E-state index >= 15 is 0 Å². The van der Waals surface area contributed by atoms with Crippen LogP contribution in [-0.2, 0) is 9.59 Å². The number of amides is 2. The molecule has 0 spiro atoms. The van der Waals surface area contributed by atoms with Gasteiger partial charge < -0.3 is 10.2 Å². The largest absolute Gasteiger partial charge is 0.335 e. The Labute approximate surface area is 175 Å². The first kappa shape index (κ1) is 20.8. The van der Waals surface area contributed by atoms with Crippen LogP contribution in [0.25, 0.3) is 0 Å². The molecule has 150 valence electrons. The summed E-state index contributed by atoms with van der Waals surface area (Å²) in [5.41, 5.74) is 2.95. The summed E-state index contributed by atoms with van der Waals surface area (Å²) in [6.07, 6.45) is 0. The number of anilines is 1. The molecule has 0 unspecified atom stereocenters. The summed E-state index contributed by atoms with van der Waals surface area (Å²) < 4.78 is 0. The van der Waals surface area contributed by atoms with E-state index in [1.807, 2.05) is 73.0 Å². The van der Waals surface area contributed by atoms with E-state index in [1.54, 1.807) is 18.4 Å². The normalized spacial score (nSPS) is 11.7. The first-order chi connectivity index (χ1) is 14.0. The molecule has 1 aromatic heterocycles. The van der Waals surface area contributed by atoms with E-state index in [-0.39, 0.29) is 30.9 Å². The summed E-state index contributed by atoms with van der Waals surface area (Å²) in [5, 5.41) is 8.18. The number of carbonyl (C=O) groups is 2. The third kappa shape index (κ3) is 6.01. The van der Waals surface area contributed by atoms with E-state index in [2.05, 4.69) is 16.7 Å². The molecule has 2 amide bonds. The summed E-state index contributed by atoms with van der Waals surface area (Å²) in [6.45, 7) is 2.14. The van der Waals surface area contributed by atoms with Crippen LogP contribution in [0.2, 0.25) is 0 Å². The molecule has 6 heteroatoms. The van der Waals surface area contributed by atoms with E-state index in [1.165, 1.54) is 4.90 Å². The topological polar surface area (TPSA) is 61.4 Å². The maximum Gasteiger partial charge on any atom is 0.243 e. The molecule has 0 aliphatic rings. The fourth-order valence-corrected chi connectivity index (χ4v) is 3.78. The molecule has 0 radical (unpaired) electrons. The number of nitrogens with zero attached hydrogens (tertiary/aromatic N) is 1. The van der Waals surface area contributed by atoms with Crippen molar-refractivity contribution >= 4 is 28.8 Å². The molecule has 2 N–H and O–H groups in total. The van der Waals surface area contributed by atoms with Gasteiger partial charge in [0, 0.05) is 17.6 Å². The summed E-state index contributed by atoms with van der Waals surface area (Å²) in [5.74, 6) is -0.357. The molecular formula is C23H25N3O2S. The SMILES string of the molecule is Cc1ccc(NC(=O)CN(C)C(=O)CN[C@@H](c2ccccc2)c2cccs2)cc1. The minimum Gasteiger partial charge on any atom is -0.335 e. The predicted molar refractivity (Wildman–Crippen MR) is 118 cm³/mol. The number of benzene rings is 2. The minimum atomic E-state index is -0.220. The lowest BCUT2D eigenvalue weighted by molar-refractivity contribution is -0.132. The minimum absolute atomic E-state index is 0.00337. The van der Waals surface area contributed by atoms with E-state index in [9.17, 15) is 9.59 Å². The van der Waals surface area contributed by atoms with Crippen LogP contribution < -0.4 is 10.6 Å². The molecule has 0 fully saturated rings. The van der Waals surface area contributed by atoms with Gasteiger partial charge in [0.15, 0.2) is 0 Å². The maximum absolute atomic E-state index is 12.6. The van der Waals surface area contributed by atoms with Gasteiger partial charge in [-0.3, -0.25) is 14.9 Å². The summed E-state index contributed by atoms with van der Waals surface area (Å²) in [7, 11) is 1.64. The molecule has 5 nitrogen and oxygen atoms in total. The number of carbonyl (C=O) groups excluding carboxylic acids is 2. The number of hydrogen-bond donors (Lipinski definition) is 2. The van der Waals surface area contributed by atoms with Crippen LogP contribution in [0.1, 0.15) is 22.0 Å². The van der Waals surface area contributed by atoms with Crippen molar-refractivity contribution in [2.75, 3.05) is 25.5 Å². The van der Waals surface area contributed by atoms with Crippen molar-refractivity contribution in [3.63, 3.8) is 0 Å². The molecule has 29 heavy (non-hydrogen) atoms. The number of aryl methyl sites for hydroxylation is 1. The van der Waals surface area contributed by atoms with Crippen molar-refractivity contribution in [1.82, 2.24) is 10.2 Å². The van der Waals surface area contributed by atoms with Crippen LogP contribution in [0.4, 0.5) is 5.69 Å². The molecule has 0 saturated heterocycles. The monoisotopic (exact) mass is 407 g/mol. The van der Waals surface area contributed by atoms with Crippen molar-refractivity contribution in [3.8, 4) is 0 Å². The predicted octanol–water partition coefficient (Wildman–Crippen LogP) is 3.83. The van der Waals surface area contributed by atoms with Gasteiger partial charge in [-0.2, -0.15) is 0 Å². The number of rotatable bonds is 8. The highest BCUT2D eigenvalue weighted by Gasteiger charge is 2.18. The molecule has 3 rings (SSSR count). The Kier molecular flexibility index (Phi) is 7.16. The van der Waals surface area contributed by atoms with Crippen molar-refractivity contribution in [2.45, 2.75) is 13.0 Å². The second-order valence-electron chi connectivity index (χ2n) is 6.90. The van der Waals surface area contributed by atoms with Gasteiger partial charge in [-0.15, -0.1) is 11.3 Å². The second kappa shape index (κ2) is 10.0. The van der Waals surface area contributed by atoms with E-state index < -0.39 is 0 Å². The van der Waals surface area contributed by atoms with Gasteiger partial charge in [-0.1, -0.05) is 54.1 Å². The Morgan fingerprint density at radius 3 is 2.38 bits per heavy atom. The lowest BCUT2D eigenvalue weighted by atomic mass is 10.1. The molecule has 3 aromatic rings. The third-order valence-electron chi connectivity index (χ3n) is 4.56. The Balaban J connectivity index is 1.55. The molecule has 0 aliphatic carbocycles. The highest BCUT2D eigenvalue weighted by atomic mass is 32.1. The Morgan fingerprint density at radius 1 is 1.00 bits per heavy atom. The average molecular weight is 408 g/mol. The van der Waals surface area contributed by atoms with Crippen molar-refractivity contribution < 1.29 is 9.59 Å². The van der Waals surface area contributed by atoms with Gasteiger partial charge in [0.05, 0.1) is 19.1 Å². The van der Waals surface area contributed by atoms with Gasteiger partial charge in [-0.25, -0.2) is 0 Å². The standard InChI is InChI=1S/C23H25N3O2S/c1-17-10-12-19(13-11-17)25-21(27)16-26(2)22(28)15-24-23(20-9-6-14-29-20)18-7-4-3-5-8-18/h3-14,23-24H,15-16H2,1-2H3,(H,25,27)/t23-/m0/s1.